The van der Waals surface area contributed by atoms with E-state index in [0.717, 1.165) is 18.4 Å². The Kier molecular flexibility index (Phi) is 4.29. The molecule has 1 amide bonds. The Morgan fingerprint density at radius 3 is 2.65 bits per heavy atom. The summed E-state index contributed by atoms with van der Waals surface area (Å²) in [6.07, 6.45) is 3.55. The molecule has 0 aliphatic carbocycles. The first-order valence-corrected chi connectivity index (χ1v) is 8.81. The first-order chi connectivity index (χ1) is 12.6. The van der Waals surface area contributed by atoms with E-state index in [0.29, 0.717) is 17.9 Å². The van der Waals surface area contributed by atoms with Crippen molar-refractivity contribution in [1.82, 2.24) is 14.7 Å². The van der Waals surface area contributed by atoms with Crippen molar-refractivity contribution in [2.24, 2.45) is 0 Å². The number of hydrogen-bond donors (Lipinski definition) is 0. The molecule has 1 atom stereocenters. The van der Waals surface area contributed by atoms with Crippen LogP contribution in [0.15, 0.2) is 60.8 Å². The van der Waals surface area contributed by atoms with Gasteiger partial charge in [0.1, 0.15) is 11.5 Å². The first-order valence-electron chi connectivity index (χ1n) is 8.81. The molecule has 1 aromatic heterocycles. The van der Waals surface area contributed by atoms with E-state index in [4.69, 9.17) is 0 Å². The van der Waals surface area contributed by atoms with Gasteiger partial charge in [0.15, 0.2) is 5.69 Å². The van der Waals surface area contributed by atoms with Gasteiger partial charge in [-0.05, 0) is 43.5 Å². The van der Waals surface area contributed by atoms with Crippen molar-refractivity contribution in [2.75, 3.05) is 6.54 Å². The summed E-state index contributed by atoms with van der Waals surface area (Å²) < 4.78 is 15.4. The number of halogens is 1. The molecule has 26 heavy (non-hydrogen) atoms. The van der Waals surface area contributed by atoms with Crippen molar-refractivity contribution in [3.63, 3.8) is 0 Å². The molecule has 0 N–H and O–H groups in total. The van der Waals surface area contributed by atoms with Crippen LogP contribution in [0.5, 0.6) is 0 Å². The van der Waals surface area contributed by atoms with Crippen molar-refractivity contribution in [3.8, 4) is 5.69 Å². The Balaban J connectivity index is 1.59. The molecule has 0 spiro atoms. The van der Waals surface area contributed by atoms with Crippen LogP contribution in [-0.2, 0) is 0 Å². The minimum absolute atomic E-state index is 0.0710. The van der Waals surface area contributed by atoms with Gasteiger partial charge < -0.3 is 4.90 Å². The number of aromatic nitrogens is 2. The van der Waals surface area contributed by atoms with Gasteiger partial charge in [-0.25, -0.2) is 9.07 Å². The molecular formula is C21H20FN3O. The van der Waals surface area contributed by atoms with Crippen LogP contribution in [0.3, 0.4) is 0 Å². The van der Waals surface area contributed by atoms with Crippen LogP contribution in [0.1, 0.15) is 40.5 Å². The lowest BCUT2D eigenvalue weighted by Crippen LogP contribution is -2.31. The summed E-state index contributed by atoms with van der Waals surface area (Å²) in [5, 5.41) is 4.31. The van der Waals surface area contributed by atoms with E-state index in [9.17, 15) is 9.18 Å². The first kappa shape index (κ1) is 16.5. The molecule has 4 nitrogen and oxygen atoms in total. The van der Waals surface area contributed by atoms with Crippen LogP contribution in [0.25, 0.3) is 5.69 Å². The van der Waals surface area contributed by atoms with Gasteiger partial charge in [-0.2, -0.15) is 5.10 Å². The zero-order chi connectivity index (χ0) is 18.1. The number of nitrogens with zero attached hydrogens (tertiary/aromatic N) is 3. The Labute approximate surface area is 151 Å². The molecule has 0 saturated carbocycles. The van der Waals surface area contributed by atoms with E-state index in [2.05, 4.69) is 36.3 Å². The van der Waals surface area contributed by atoms with Crippen molar-refractivity contribution in [2.45, 2.75) is 25.8 Å². The van der Waals surface area contributed by atoms with Gasteiger partial charge in [-0.1, -0.05) is 42.0 Å². The van der Waals surface area contributed by atoms with Gasteiger partial charge in [0.25, 0.3) is 5.91 Å². The average Bonchev–Trinajstić information content (AvgIpc) is 3.32. The fraction of sp³-hybridized carbons (Fsp3) is 0.238. The number of carbonyl (C=O) groups is 1. The molecule has 1 unspecified atom stereocenters. The highest BCUT2D eigenvalue weighted by Gasteiger charge is 2.31. The number of amides is 1. The highest BCUT2D eigenvalue weighted by Crippen LogP contribution is 2.33. The summed E-state index contributed by atoms with van der Waals surface area (Å²) in [7, 11) is 0. The fourth-order valence-electron chi connectivity index (χ4n) is 3.50. The van der Waals surface area contributed by atoms with Gasteiger partial charge in [-0.15, -0.1) is 0 Å². The third-order valence-corrected chi connectivity index (χ3v) is 4.88. The molecule has 0 radical (unpaired) electrons. The zero-order valence-electron chi connectivity index (χ0n) is 14.6. The molecule has 3 aromatic rings. The molecule has 2 heterocycles. The monoisotopic (exact) mass is 349 g/mol. The van der Waals surface area contributed by atoms with Crippen LogP contribution in [-0.4, -0.2) is 27.1 Å². The lowest BCUT2D eigenvalue weighted by molar-refractivity contribution is 0.0729. The average molecular weight is 349 g/mol. The number of rotatable bonds is 3. The molecule has 0 bridgehead atoms. The molecule has 2 aromatic carbocycles. The number of benzene rings is 2. The van der Waals surface area contributed by atoms with E-state index in [1.807, 2.05) is 4.90 Å². The molecule has 4 rings (SSSR count). The predicted molar refractivity (Wildman–Crippen MR) is 97.7 cm³/mol. The second-order valence-electron chi connectivity index (χ2n) is 6.66. The van der Waals surface area contributed by atoms with Crippen LogP contribution in [0, 0.1) is 12.7 Å². The van der Waals surface area contributed by atoms with E-state index in [1.165, 1.54) is 16.3 Å². The number of para-hydroxylation sites is 1. The molecular weight excluding hydrogens is 329 g/mol. The summed E-state index contributed by atoms with van der Waals surface area (Å²) in [5.74, 6) is -0.475. The van der Waals surface area contributed by atoms with E-state index >= 15 is 0 Å². The molecule has 5 heteroatoms. The van der Waals surface area contributed by atoms with Gasteiger partial charge in [0.05, 0.1) is 6.04 Å². The van der Waals surface area contributed by atoms with Crippen molar-refractivity contribution in [3.05, 3.63) is 83.4 Å². The highest BCUT2D eigenvalue weighted by molar-refractivity contribution is 5.92. The van der Waals surface area contributed by atoms with Crippen LogP contribution in [0.4, 0.5) is 4.39 Å². The largest absolute Gasteiger partial charge is 0.330 e. The van der Waals surface area contributed by atoms with Crippen LogP contribution < -0.4 is 0 Å². The molecule has 1 aliphatic rings. The SMILES string of the molecule is Cc1ccc(C2CCCN2C(=O)c2ccn(-c3ccccc3F)n2)cc1. The second-order valence-corrected chi connectivity index (χ2v) is 6.66. The number of carbonyl (C=O) groups excluding carboxylic acids is 1. The topological polar surface area (TPSA) is 38.1 Å². The van der Waals surface area contributed by atoms with E-state index < -0.39 is 0 Å². The molecule has 1 fully saturated rings. The van der Waals surface area contributed by atoms with Gasteiger partial charge in [0, 0.05) is 12.7 Å². The third-order valence-electron chi connectivity index (χ3n) is 4.88. The Morgan fingerprint density at radius 2 is 1.88 bits per heavy atom. The van der Waals surface area contributed by atoms with E-state index in [-0.39, 0.29) is 17.8 Å². The maximum absolute atomic E-state index is 13.9. The van der Waals surface area contributed by atoms with E-state index in [1.54, 1.807) is 30.5 Å². The van der Waals surface area contributed by atoms with Crippen molar-refractivity contribution < 1.29 is 9.18 Å². The summed E-state index contributed by atoms with van der Waals surface area (Å²) >= 11 is 0. The predicted octanol–water partition coefficient (Wildman–Crippen LogP) is 4.30. The summed E-state index contributed by atoms with van der Waals surface area (Å²) in [6.45, 7) is 2.76. The third kappa shape index (κ3) is 3.01. The summed E-state index contributed by atoms with van der Waals surface area (Å²) in [5.41, 5.74) is 3.03. The lowest BCUT2D eigenvalue weighted by atomic mass is 10.0. The minimum Gasteiger partial charge on any atom is -0.330 e. The minimum atomic E-state index is -0.367. The Hall–Kier alpha value is -2.95. The Morgan fingerprint density at radius 1 is 1.12 bits per heavy atom. The highest BCUT2D eigenvalue weighted by atomic mass is 19.1. The summed E-state index contributed by atoms with van der Waals surface area (Å²) in [6, 6.07) is 16.4. The lowest BCUT2D eigenvalue weighted by Gasteiger charge is -2.24. The van der Waals surface area contributed by atoms with Crippen molar-refractivity contribution in [1.29, 1.82) is 0 Å². The Bertz CT molecular complexity index is 932. The fourth-order valence-corrected chi connectivity index (χ4v) is 3.50. The van der Waals surface area contributed by atoms with Crippen LogP contribution >= 0.6 is 0 Å². The number of likely N-dealkylation sites (tertiary alicyclic amines) is 1. The smallest absolute Gasteiger partial charge is 0.274 e. The van der Waals surface area contributed by atoms with Gasteiger partial charge in [-0.3, -0.25) is 4.79 Å². The maximum Gasteiger partial charge on any atom is 0.274 e. The normalized spacial score (nSPS) is 16.8. The van der Waals surface area contributed by atoms with Crippen molar-refractivity contribution >= 4 is 5.91 Å². The zero-order valence-corrected chi connectivity index (χ0v) is 14.6. The number of aryl methyl sites for hydroxylation is 1. The quantitative estimate of drug-likeness (QED) is 0.707. The van der Waals surface area contributed by atoms with Gasteiger partial charge >= 0.3 is 0 Å². The molecule has 1 saturated heterocycles. The maximum atomic E-state index is 13.9. The van der Waals surface area contributed by atoms with Crippen LogP contribution in [0.2, 0.25) is 0 Å². The summed E-state index contributed by atoms with van der Waals surface area (Å²) in [4.78, 5) is 14.9. The second kappa shape index (κ2) is 6.75. The van der Waals surface area contributed by atoms with Gasteiger partial charge in [0.2, 0.25) is 0 Å². The standard InChI is InChI=1S/C21H20FN3O/c1-15-8-10-16(11-9-15)19-7-4-13-24(19)21(26)18-12-14-25(23-18)20-6-3-2-5-17(20)22/h2-3,5-6,8-12,14,19H,4,7,13H2,1H3. The number of hydrogen-bond acceptors (Lipinski definition) is 2. The molecule has 1 aliphatic heterocycles. The molecule has 132 valence electrons.